The molecular weight excluding hydrogens is 553 g/mol. The van der Waals surface area contributed by atoms with E-state index in [1.807, 2.05) is 0 Å². The van der Waals surface area contributed by atoms with E-state index in [1.165, 1.54) is 65.3 Å². The van der Waals surface area contributed by atoms with Crippen molar-refractivity contribution < 1.29 is 0 Å². The summed E-state index contributed by atoms with van der Waals surface area (Å²) in [5.41, 5.74) is 5.87. The molecule has 0 unspecified atom stereocenters. The average molecular weight is 577 g/mol. The summed E-state index contributed by atoms with van der Waals surface area (Å²) >= 11 is -3.40. The fourth-order valence-electron chi connectivity index (χ4n) is 8.28. The van der Waals surface area contributed by atoms with Gasteiger partial charge in [0.15, 0.2) is 0 Å². The minimum atomic E-state index is -3.40. The Kier molecular flexibility index (Phi) is 4.17. The fourth-order valence-corrected chi connectivity index (χ4v) is 20.1. The van der Waals surface area contributed by atoms with Gasteiger partial charge in [-0.2, -0.15) is 0 Å². The molecule has 188 valence electrons. The van der Waals surface area contributed by atoms with Gasteiger partial charge in [-0.25, -0.2) is 0 Å². The molecule has 41 heavy (non-hydrogen) atoms. The van der Waals surface area contributed by atoms with Gasteiger partial charge >= 0.3 is 242 Å². The van der Waals surface area contributed by atoms with Crippen LogP contribution in [0.1, 0.15) is 0 Å². The molecule has 1 spiro atoms. The average Bonchev–Trinajstić information content (AvgIpc) is 3.52. The molecule has 8 aromatic rings. The normalized spacial score (nSPS) is 14.0. The number of fused-ring (bicyclic) bond motifs is 18. The van der Waals surface area contributed by atoms with Crippen LogP contribution in [0.4, 0.5) is 0 Å². The van der Waals surface area contributed by atoms with Crippen LogP contribution >= 0.6 is 0 Å². The maximum absolute atomic E-state index is 3.40. The van der Waals surface area contributed by atoms with Crippen molar-refractivity contribution in [3.63, 3.8) is 0 Å². The van der Waals surface area contributed by atoms with Gasteiger partial charge < -0.3 is 0 Å². The molecular formula is C40H24Ge. The Morgan fingerprint density at radius 2 is 0.488 bits per heavy atom. The van der Waals surface area contributed by atoms with Crippen molar-refractivity contribution in [1.29, 1.82) is 0 Å². The Balaban J connectivity index is 1.51. The maximum atomic E-state index is 2.51. The van der Waals surface area contributed by atoms with Gasteiger partial charge in [0.05, 0.1) is 0 Å². The molecule has 2 aliphatic rings. The van der Waals surface area contributed by atoms with Crippen LogP contribution in [0.25, 0.3) is 65.3 Å². The Bertz CT molecular complexity index is 2080. The van der Waals surface area contributed by atoms with Crippen molar-refractivity contribution in [3.05, 3.63) is 146 Å². The first kappa shape index (κ1) is 22.1. The summed E-state index contributed by atoms with van der Waals surface area (Å²) in [7, 11) is 0. The van der Waals surface area contributed by atoms with Gasteiger partial charge in [0, 0.05) is 0 Å². The SMILES string of the molecule is c1ccc2c3[c](ccc2c1)[Ge]1([c]2ccc4ccccc4c2-3)[c]2ccc3ccccc3c2-c2[c]1ccc1ccccc21. The second-order valence-corrected chi connectivity index (χ2v) is 19.3. The molecule has 0 bridgehead atoms. The molecule has 0 N–H and O–H groups in total. The van der Waals surface area contributed by atoms with Crippen molar-refractivity contribution >= 4 is 73.9 Å². The summed E-state index contributed by atoms with van der Waals surface area (Å²) in [5, 5.41) is 10.8. The van der Waals surface area contributed by atoms with E-state index in [0.29, 0.717) is 0 Å². The number of rotatable bonds is 0. The molecule has 0 saturated heterocycles. The summed E-state index contributed by atoms with van der Waals surface area (Å²) < 4.78 is 6.34. The van der Waals surface area contributed by atoms with E-state index in [2.05, 4.69) is 146 Å². The summed E-state index contributed by atoms with van der Waals surface area (Å²) in [4.78, 5) is 0. The van der Waals surface area contributed by atoms with Gasteiger partial charge in [-0.1, -0.05) is 0 Å². The molecule has 0 saturated carbocycles. The zero-order valence-corrected chi connectivity index (χ0v) is 24.5. The molecule has 10 rings (SSSR count). The predicted molar refractivity (Wildman–Crippen MR) is 178 cm³/mol. The molecule has 0 fully saturated rings. The topological polar surface area (TPSA) is 0 Å². The van der Waals surface area contributed by atoms with E-state index in [4.69, 9.17) is 0 Å². The van der Waals surface area contributed by atoms with E-state index in [1.54, 1.807) is 17.6 Å². The second kappa shape index (κ2) is 7.75. The number of benzene rings is 8. The first-order valence-electron chi connectivity index (χ1n) is 14.5. The summed E-state index contributed by atoms with van der Waals surface area (Å²) in [6, 6.07) is 55.6. The van der Waals surface area contributed by atoms with Crippen LogP contribution in [0.2, 0.25) is 0 Å². The van der Waals surface area contributed by atoms with E-state index in [0.717, 1.165) is 0 Å². The van der Waals surface area contributed by atoms with Crippen LogP contribution in [0.15, 0.2) is 146 Å². The molecule has 2 aliphatic heterocycles. The van der Waals surface area contributed by atoms with Crippen LogP contribution in [0.3, 0.4) is 0 Å². The third-order valence-electron chi connectivity index (χ3n) is 9.83. The van der Waals surface area contributed by atoms with E-state index in [-0.39, 0.29) is 0 Å². The molecule has 2 heterocycles. The number of hydrogen-bond acceptors (Lipinski definition) is 0. The number of hydrogen-bond donors (Lipinski definition) is 0. The van der Waals surface area contributed by atoms with Gasteiger partial charge in [-0.3, -0.25) is 0 Å². The first-order valence-corrected chi connectivity index (χ1v) is 18.6. The quantitative estimate of drug-likeness (QED) is 0.163. The minimum absolute atomic E-state index is 1.32. The van der Waals surface area contributed by atoms with Crippen LogP contribution in [-0.2, 0) is 0 Å². The van der Waals surface area contributed by atoms with E-state index < -0.39 is 13.3 Å². The third-order valence-corrected chi connectivity index (χ3v) is 20.1. The Hall–Kier alpha value is -4.66. The Morgan fingerprint density at radius 1 is 0.244 bits per heavy atom. The van der Waals surface area contributed by atoms with Crippen LogP contribution in [-0.4, -0.2) is 13.3 Å². The standard InChI is InChI=1S/C40H24Ge/c1-5-13-29-25(9-1)17-21-33-37(29)38-30-14-6-2-10-26(30)18-22-34(38)41(33)35-23-19-27-11-3-7-15-31(27)39(35)40-32-16-8-4-12-28(32)20-24-36(40)41/h1-24H. The van der Waals surface area contributed by atoms with Gasteiger partial charge in [-0.15, -0.1) is 0 Å². The fraction of sp³-hybridized carbons (Fsp3) is 0. The van der Waals surface area contributed by atoms with Crippen LogP contribution < -0.4 is 17.6 Å². The monoisotopic (exact) mass is 578 g/mol. The van der Waals surface area contributed by atoms with E-state index >= 15 is 0 Å². The summed E-state index contributed by atoms with van der Waals surface area (Å²) in [6.45, 7) is 0. The molecule has 0 atom stereocenters. The summed E-state index contributed by atoms with van der Waals surface area (Å²) in [5.74, 6) is 0. The van der Waals surface area contributed by atoms with Gasteiger partial charge in [-0.05, 0) is 0 Å². The van der Waals surface area contributed by atoms with Crippen LogP contribution in [0.5, 0.6) is 0 Å². The second-order valence-electron chi connectivity index (χ2n) is 11.6. The Labute approximate surface area is 240 Å². The van der Waals surface area contributed by atoms with E-state index in [9.17, 15) is 0 Å². The van der Waals surface area contributed by atoms with Crippen LogP contribution in [0, 0.1) is 0 Å². The zero-order chi connectivity index (χ0) is 26.7. The molecule has 0 amide bonds. The van der Waals surface area contributed by atoms with Crippen molar-refractivity contribution in [2.45, 2.75) is 0 Å². The van der Waals surface area contributed by atoms with Crippen molar-refractivity contribution in [2.75, 3.05) is 0 Å². The molecule has 1 heteroatoms. The third kappa shape index (κ3) is 2.58. The Morgan fingerprint density at radius 3 is 0.756 bits per heavy atom. The molecule has 0 radical (unpaired) electrons. The van der Waals surface area contributed by atoms with Gasteiger partial charge in [0.2, 0.25) is 0 Å². The van der Waals surface area contributed by atoms with Crippen molar-refractivity contribution in [3.8, 4) is 22.3 Å². The molecule has 8 aromatic carbocycles. The van der Waals surface area contributed by atoms with Gasteiger partial charge in [0.1, 0.15) is 0 Å². The summed E-state index contributed by atoms with van der Waals surface area (Å²) in [6.07, 6.45) is 0. The molecule has 0 aromatic heterocycles. The molecule has 0 nitrogen and oxygen atoms in total. The predicted octanol–water partition coefficient (Wildman–Crippen LogP) is 7.64. The van der Waals surface area contributed by atoms with Gasteiger partial charge in [0.25, 0.3) is 0 Å². The first-order chi connectivity index (χ1) is 20.4. The zero-order valence-electron chi connectivity index (χ0n) is 22.4. The van der Waals surface area contributed by atoms with Crippen molar-refractivity contribution in [1.82, 2.24) is 0 Å². The van der Waals surface area contributed by atoms with Crippen molar-refractivity contribution in [2.24, 2.45) is 0 Å². The molecule has 0 aliphatic carbocycles.